The molecular formula is C14H17N3O2. The summed E-state index contributed by atoms with van der Waals surface area (Å²) in [5.74, 6) is -1.27. The van der Waals surface area contributed by atoms with Crippen LogP contribution in [0.15, 0.2) is 30.7 Å². The number of pyridine rings is 1. The van der Waals surface area contributed by atoms with Gasteiger partial charge < -0.3 is 5.11 Å². The number of hydrogen-bond acceptors (Lipinski definition) is 3. The van der Waals surface area contributed by atoms with Crippen LogP contribution in [-0.2, 0) is 11.8 Å². The minimum atomic E-state index is -0.794. The van der Waals surface area contributed by atoms with Crippen molar-refractivity contribution in [1.82, 2.24) is 14.8 Å². The molecule has 0 radical (unpaired) electrons. The van der Waals surface area contributed by atoms with Crippen molar-refractivity contribution in [2.24, 2.45) is 7.05 Å². The summed E-state index contributed by atoms with van der Waals surface area (Å²) in [4.78, 5) is 15.5. The molecular weight excluding hydrogens is 242 g/mol. The summed E-state index contributed by atoms with van der Waals surface area (Å²) in [5, 5.41) is 13.3. The lowest BCUT2D eigenvalue weighted by molar-refractivity contribution is -0.139. The van der Waals surface area contributed by atoms with Gasteiger partial charge in [0.1, 0.15) is 0 Å². The lowest BCUT2D eigenvalue weighted by Gasteiger charge is -2.11. The first-order valence-electron chi connectivity index (χ1n) is 6.29. The molecule has 5 nitrogen and oxygen atoms in total. The Hall–Kier alpha value is -2.17. The molecule has 19 heavy (non-hydrogen) atoms. The Labute approximate surface area is 111 Å². The third-order valence-corrected chi connectivity index (χ3v) is 3.06. The molecule has 0 aliphatic rings. The minimum Gasteiger partial charge on any atom is -0.481 e. The fourth-order valence-corrected chi connectivity index (χ4v) is 2.06. The molecule has 0 bridgehead atoms. The summed E-state index contributed by atoms with van der Waals surface area (Å²) >= 11 is 0. The van der Waals surface area contributed by atoms with Gasteiger partial charge in [-0.3, -0.25) is 14.5 Å². The molecule has 0 aliphatic carbocycles. The van der Waals surface area contributed by atoms with Crippen molar-refractivity contribution in [3.05, 3.63) is 36.3 Å². The van der Waals surface area contributed by atoms with Crippen LogP contribution in [0.2, 0.25) is 0 Å². The molecule has 0 amide bonds. The van der Waals surface area contributed by atoms with E-state index < -0.39 is 11.9 Å². The molecule has 1 unspecified atom stereocenters. The number of rotatable bonds is 5. The van der Waals surface area contributed by atoms with E-state index in [0.717, 1.165) is 23.2 Å². The number of aliphatic carboxylic acids is 1. The van der Waals surface area contributed by atoms with E-state index in [4.69, 9.17) is 0 Å². The van der Waals surface area contributed by atoms with E-state index in [1.165, 1.54) is 0 Å². The van der Waals surface area contributed by atoms with Gasteiger partial charge >= 0.3 is 5.97 Å². The number of hydrogen-bond donors (Lipinski definition) is 1. The van der Waals surface area contributed by atoms with Crippen LogP contribution in [0.3, 0.4) is 0 Å². The van der Waals surface area contributed by atoms with Gasteiger partial charge in [-0.25, -0.2) is 0 Å². The molecule has 0 aliphatic heterocycles. The van der Waals surface area contributed by atoms with Gasteiger partial charge in [0.15, 0.2) is 0 Å². The van der Waals surface area contributed by atoms with Gasteiger partial charge in [-0.05, 0) is 18.1 Å². The van der Waals surface area contributed by atoms with Crippen LogP contribution in [0, 0.1) is 0 Å². The number of carbonyl (C=O) groups is 1. The van der Waals surface area contributed by atoms with E-state index in [1.807, 2.05) is 32.3 Å². The predicted molar refractivity (Wildman–Crippen MR) is 71.7 cm³/mol. The highest BCUT2D eigenvalue weighted by Gasteiger charge is 2.19. The molecule has 0 fully saturated rings. The van der Waals surface area contributed by atoms with Gasteiger partial charge in [-0.15, -0.1) is 0 Å². The normalized spacial score (nSPS) is 12.3. The fourth-order valence-electron chi connectivity index (χ4n) is 2.06. The van der Waals surface area contributed by atoms with Gasteiger partial charge in [-0.2, -0.15) is 5.10 Å². The van der Waals surface area contributed by atoms with E-state index in [0.29, 0.717) is 6.42 Å². The standard InChI is InChI=1S/C14H17N3O2/c1-3-4-12(14(18)19)10-5-6-13(15-7-10)11-8-16-17(2)9-11/h5-9,12H,3-4H2,1-2H3,(H,18,19). The van der Waals surface area contributed by atoms with E-state index in [1.54, 1.807) is 17.1 Å². The highest BCUT2D eigenvalue weighted by Crippen LogP contribution is 2.23. The number of nitrogens with zero attached hydrogens (tertiary/aromatic N) is 3. The lowest BCUT2D eigenvalue weighted by Crippen LogP contribution is -2.11. The van der Waals surface area contributed by atoms with Crippen LogP contribution in [0.5, 0.6) is 0 Å². The van der Waals surface area contributed by atoms with Crippen molar-refractivity contribution in [3.63, 3.8) is 0 Å². The third kappa shape index (κ3) is 2.99. The van der Waals surface area contributed by atoms with Crippen molar-refractivity contribution in [2.45, 2.75) is 25.7 Å². The van der Waals surface area contributed by atoms with Crippen LogP contribution >= 0.6 is 0 Å². The average Bonchev–Trinajstić information content (AvgIpc) is 2.82. The van der Waals surface area contributed by atoms with E-state index in [9.17, 15) is 9.90 Å². The Morgan fingerprint density at radius 2 is 2.21 bits per heavy atom. The Balaban J connectivity index is 2.24. The van der Waals surface area contributed by atoms with E-state index in [2.05, 4.69) is 10.1 Å². The summed E-state index contributed by atoms with van der Waals surface area (Å²) in [6.07, 6.45) is 6.73. The summed E-state index contributed by atoms with van der Waals surface area (Å²) in [7, 11) is 1.85. The first-order valence-corrected chi connectivity index (χ1v) is 6.29. The summed E-state index contributed by atoms with van der Waals surface area (Å²) in [6, 6.07) is 3.68. The summed E-state index contributed by atoms with van der Waals surface area (Å²) in [6.45, 7) is 1.98. The molecule has 0 saturated heterocycles. The Kier molecular flexibility index (Phi) is 3.94. The summed E-state index contributed by atoms with van der Waals surface area (Å²) in [5.41, 5.74) is 2.48. The van der Waals surface area contributed by atoms with Crippen LogP contribution in [0.1, 0.15) is 31.2 Å². The molecule has 0 saturated carbocycles. The smallest absolute Gasteiger partial charge is 0.311 e. The van der Waals surface area contributed by atoms with Crippen LogP contribution in [0.4, 0.5) is 0 Å². The Morgan fingerprint density at radius 3 is 2.68 bits per heavy atom. The number of aryl methyl sites for hydroxylation is 1. The molecule has 0 aromatic carbocycles. The Bertz CT molecular complexity index is 560. The first kappa shape index (κ1) is 13.3. The maximum Gasteiger partial charge on any atom is 0.311 e. The Morgan fingerprint density at radius 1 is 1.42 bits per heavy atom. The molecule has 100 valence electrons. The van der Waals surface area contributed by atoms with Gasteiger partial charge in [0.2, 0.25) is 0 Å². The van der Waals surface area contributed by atoms with Crippen molar-refractivity contribution < 1.29 is 9.90 Å². The lowest BCUT2D eigenvalue weighted by atomic mass is 9.96. The van der Waals surface area contributed by atoms with Crippen molar-refractivity contribution in [2.75, 3.05) is 0 Å². The summed E-state index contributed by atoms with van der Waals surface area (Å²) < 4.78 is 1.71. The van der Waals surface area contributed by atoms with Gasteiger partial charge in [0, 0.05) is 25.0 Å². The molecule has 0 spiro atoms. The highest BCUT2D eigenvalue weighted by molar-refractivity contribution is 5.76. The molecule has 2 aromatic rings. The van der Waals surface area contributed by atoms with E-state index in [-0.39, 0.29) is 0 Å². The number of aromatic nitrogens is 3. The van der Waals surface area contributed by atoms with Crippen molar-refractivity contribution in [1.29, 1.82) is 0 Å². The molecule has 5 heteroatoms. The second-order valence-corrected chi connectivity index (χ2v) is 4.56. The maximum absolute atomic E-state index is 11.2. The predicted octanol–water partition coefficient (Wildman–Crippen LogP) is 2.45. The van der Waals surface area contributed by atoms with Gasteiger partial charge in [0.05, 0.1) is 17.8 Å². The monoisotopic (exact) mass is 259 g/mol. The van der Waals surface area contributed by atoms with Crippen LogP contribution in [-0.4, -0.2) is 25.8 Å². The van der Waals surface area contributed by atoms with Crippen molar-refractivity contribution >= 4 is 5.97 Å². The second kappa shape index (κ2) is 5.65. The zero-order valence-electron chi connectivity index (χ0n) is 11.1. The minimum absolute atomic E-state index is 0.472. The molecule has 1 N–H and O–H groups in total. The zero-order chi connectivity index (χ0) is 13.8. The molecule has 2 aromatic heterocycles. The van der Waals surface area contributed by atoms with Crippen LogP contribution in [0.25, 0.3) is 11.3 Å². The molecule has 1 atom stereocenters. The van der Waals surface area contributed by atoms with E-state index >= 15 is 0 Å². The number of carboxylic acid groups (broad SMARTS) is 1. The quantitative estimate of drug-likeness (QED) is 0.895. The zero-order valence-corrected chi connectivity index (χ0v) is 11.1. The van der Waals surface area contributed by atoms with Crippen molar-refractivity contribution in [3.8, 4) is 11.3 Å². The SMILES string of the molecule is CCCC(C(=O)O)c1ccc(-c2cnn(C)c2)nc1. The molecule has 2 heterocycles. The fraction of sp³-hybridized carbons (Fsp3) is 0.357. The third-order valence-electron chi connectivity index (χ3n) is 3.06. The van der Waals surface area contributed by atoms with Crippen LogP contribution < -0.4 is 0 Å². The topological polar surface area (TPSA) is 68.0 Å². The van der Waals surface area contributed by atoms with Gasteiger partial charge in [-0.1, -0.05) is 19.4 Å². The average molecular weight is 259 g/mol. The number of carboxylic acids is 1. The first-order chi connectivity index (χ1) is 9.11. The maximum atomic E-state index is 11.2. The second-order valence-electron chi connectivity index (χ2n) is 4.56. The largest absolute Gasteiger partial charge is 0.481 e. The van der Waals surface area contributed by atoms with Gasteiger partial charge in [0.25, 0.3) is 0 Å². The molecule has 2 rings (SSSR count). The highest BCUT2D eigenvalue weighted by atomic mass is 16.4.